The Hall–Kier alpha value is -2.42. The molecule has 0 saturated heterocycles. The summed E-state index contributed by atoms with van der Waals surface area (Å²) in [6, 6.07) is 11.5. The second-order valence-electron chi connectivity index (χ2n) is 5.03. The minimum absolute atomic E-state index is 0.217. The Labute approximate surface area is 108 Å². The lowest BCUT2D eigenvalue weighted by atomic mass is 10.1. The van der Waals surface area contributed by atoms with Crippen LogP contribution in [0.5, 0.6) is 0 Å². The number of hydrogen-bond acceptors (Lipinski definition) is 2. The Morgan fingerprint density at radius 3 is 1.79 bits per heavy atom. The maximum Gasteiger partial charge on any atom is 0.261 e. The maximum absolute atomic E-state index is 12.4. The molecule has 0 fully saturated rings. The van der Waals surface area contributed by atoms with Crippen molar-refractivity contribution in [3.63, 3.8) is 0 Å². The van der Waals surface area contributed by atoms with E-state index in [4.69, 9.17) is 0 Å². The number of hydrogen-bond donors (Lipinski definition) is 0. The Kier molecular flexibility index (Phi) is 1.83. The van der Waals surface area contributed by atoms with E-state index in [0.29, 0.717) is 10.8 Å². The van der Waals surface area contributed by atoms with Gasteiger partial charge in [-0.3, -0.25) is 14.2 Å². The van der Waals surface area contributed by atoms with Crippen LogP contribution in [0.4, 0.5) is 0 Å². The van der Waals surface area contributed by atoms with Gasteiger partial charge in [-0.05, 0) is 40.5 Å². The summed E-state index contributed by atoms with van der Waals surface area (Å²) in [7, 11) is 1.55. The minimum atomic E-state index is -0.217. The molecular weight excluding hydrogens is 238 g/mol. The Morgan fingerprint density at radius 1 is 0.842 bits per heavy atom. The molecule has 0 saturated carbocycles. The molecule has 0 unspecified atom stereocenters. The van der Waals surface area contributed by atoms with Gasteiger partial charge in [0, 0.05) is 17.8 Å². The van der Waals surface area contributed by atoms with Gasteiger partial charge in [-0.15, -0.1) is 0 Å². The fourth-order valence-corrected chi connectivity index (χ4v) is 3.10. The van der Waals surface area contributed by atoms with E-state index in [1.807, 2.05) is 36.4 Å². The molecule has 0 bridgehead atoms. The molecule has 3 nitrogen and oxygen atoms in total. The van der Waals surface area contributed by atoms with Gasteiger partial charge in [-0.2, -0.15) is 0 Å². The predicted octanol–water partition coefficient (Wildman–Crippen LogP) is 1.96. The van der Waals surface area contributed by atoms with E-state index in [2.05, 4.69) is 0 Å². The monoisotopic (exact) mass is 249 g/mol. The number of rotatable bonds is 0. The van der Waals surface area contributed by atoms with Gasteiger partial charge in [0.25, 0.3) is 11.1 Å². The van der Waals surface area contributed by atoms with Crippen LogP contribution in [0.2, 0.25) is 0 Å². The Morgan fingerprint density at radius 2 is 1.32 bits per heavy atom. The van der Waals surface area contributed by atoms with Crippen LogP contribution in [0.3, 0.4) is 0 Å². The second-order valence-corrected chi connectivity index (χ2v) is 5.03. The summed E-state index contributed by atoms with van der Waals surface area (Å²) in [5.74, 6) is 0. The van der Waals surface area contributed by atoms with Gasteiger partial charge in [-0.25, -0.2) is 0 Å². The van der Waals surface area contributed by atoms with Crippen molar-refractivity contribution in [3.8, 4) is 0 Å². The van der Waals surface area contributed by atoms with Crippen LogP contribution in [0.25, 0.3) is 21.5 Å². The topological polar surface area (TPSA) is 39.1 Å². The summed E-state index contributed by atoms with van der Waals surface area (Å²) in [6.45, 7) is 0. The highest BCUT2D eigenvalue weighted by Crippen LogP contribution is 2.34. The molecule has 0 aliphatic heterocycles. The van der Waals surface area contributed by atoms with Crippen molar-refractivity contribution in [1.82, 2.24) is 4.57 Å². The lowest BCUT2D eigenvalue weighted by Gasteiger charge is -1.97. The molecule has 1 aromatic heterocycles. The molecule has 4 rings (SSSR count). The first-order valence-corrected chi connectivity index (χ1v) is 6.25. The first-order valence-electron chi connectivity index (χ1n) is 6.25. The summed E-state index contributed by atoms with van der Waals surface area (Å²) in [6.07, 6.45) is 0.802. The normalized spacial score (nSPS) is 12.7. The molecule has 19 heavy (non-hydrogen) atoms. The molecule has 0 N–H and O–H groups in total. The van der Waals surface area contributed by atoms with Crippen LogP contribution < -0.4 is 11.1 Å². The van der Waals surface area contributed by atoms with Crippen molar-refractivity contribution < 1.29 is 0 Å². The third-order valence-electron chi connectivity index (χ3n) is 4.00. The molecule has 92 valence electrons. The van der Waals surface area contributed by atoms with Crippen molar-refractivity contribution in [2.75, 3.05) is 0 Å². The molecule has 0 atom stereocenters. The van der Waals surface area contributed by atoms with Crippen LogP contribution in [0.15, 0.2) is 46.0 Å². The Balaban J connectivity index is 2.57. The zero-order valence-electron chi connectivity index (χ0n) is 10.4. The van der Waals surface area contributed by atoms with Crippen molar-refractivity contribution in [2.45, 2.75) is 6.42 Å². The average Bonchev–Trinajstić information content (AvgIpc) is 2.79. The van der Waals surface area contributed by atoms with Gasteiger partial charge in [0.2, 0.25) is 0 Å². The summed E-state index contributed by atoms with van der Waals surface area (Å²) in [5, 5.41) is 3.18. The van der Waals surface area contributed by atoms with Crippen LogP contribution in [-0.4, -0.2) is 4.57 Å². The lowest BCUT2D eigenvalue weighted by molar-refractivity contribution is 0.845. The first-order chi connectivity index (χ1) is 9.18. The maximum atomic E-state index is 12.4. The van der Waals surface area contributed by atoms with Crippen molar-refractivity contribution >= 4 is 21.5 Å². The van der Waals surface area contributed by atoms with Crippen LogP contribution in [0.1, 0.15) is 11.1 Å². The average molecular weight is 249 g/mol. The minimum Gasteiger partial charge on any atom is -0.277 e. The molecular formula is C16H11NO2. The highest BCUT2D eigenvalue weighted by atomic mass is 16.2. The number of aromatic nitrogens is 1. The van der Waals surface area contributed by atoms with Gasteiger partial charge >= 0.3 is 0 Å². The van der Waals surface area contributed by atoms with Crippen LogP contribution >= 0.6 is 0 Å². The fourth-order valence-electron chi connectivity index (χ4n) is 3.10. The summed E-state index contributed by atoms with van der Waals surface area (Å²) >= 11 is 0. The van der Waals surface area contributed by atoms with Crippen LogP contribution in [0, 0.1) is 0 Å². The fraction of sp³-hybridized carbons (Fsp3) is 0.125. The van der Waals surface area contributed by atoms with Crippen LogP contribution in [-0.2, 0) is 13.5 Å². The molecule has 0 amide bonds. The summed E-state index contributed by atoms with van der Waals surface area (Å²) in [4.78, 5) is 24.8. The van der Waals surface area contributed by atoms with E-state index < -0.39 is 0 Å². The highest BCUT2D eigenvalue weighted by Gasteiger charge is 2.19. The largest absolute Gasteiger partial charge is 0.277 e. The SMILES string of the molecule is Cn1c(=O)c2cccc3c2c2c(cccc2c1=O)C3. The van der Waals surface area contributed by atoms with Gasteiger partial charge in [-0.1, -0.05) is 24.3 Å². The molecule has 1 aliphatic rings. The smallest absolute Gasteiger partial charge is 0.261 e. The van der Waals surface area contributed by atoms with Gasteiger partial charge in [0.15, 0.2) is 0 Å². The first kappa shape index (κ1) is 10.5. The van der Waals surface area contributed by atoms with E-state index in [1.54, 1.807) is 7.05 Å². The quantitative estimate of drug-likeness (QED) is 0.478. The van der Waals surface area contributed by atoms with E-state index in [-0.39, 0.29) is 11.1 Å². The molecule has 0 radical (unpaired) electrons. The summed E-state index contributed by atoms with van der Waals surface area (Å²) < 4.78 is 1.21. The number of benzene rings is 2. The van der Waals surface area contributed by atoms with E-state index in [1.165, 1.54) is 4.57 Å². The standard InChI is InChI=1S/C16H11NO2/c1-17-15(18)11-6-2-4-9-8-10-5-3-7-12(16(17)19)14(10)13(9)11/h2-7H,8H2,1H3. The van der Waals surface area contributed by atoms with E-state index in [9.17, 15) is 9.59 Å². The summed E-state index contributed by atoms with van der Waals surface area (Å²) in [5.41, 5.74) is 1.84. The second kappa shape index (κ2) is 3.32. The van der Waals surface area contributed by atoms with Gasteiger partial charge in [0.1, 0.15) is 0 Å². The zero-order valence-corrected chi connectivity index (χ0v) is 10.4. The molecule has 1 heterocycles. The zero-order chi connectivity index (χ0) is 13.1. The van der Waals surface area contributed by atoms with E-state index >= 15 is 0 Å². The molecule has 3 heteroatoms. The van der Waals surface area contributed by atoms with E-state index in [0.717, 1.165) is 28.3 Å². The molecule has 0 spiro atoms. The number of nitrogens with zero attached hydrogens (tertiary/aromatic N) is 1. The van der Waals surface area contributed by atoms with Crippen molar-refractivity contribution in [1.29, 1.82) is 0 Å². The van der Waals surface area contributed by atoms with Crippen molar-refractivity contribution in [3.05, 3.63) is 68.2 Å². The lowest BCUT2D eigenvalue weighted by Crippen LogP contribution is -2.26. The van der Waals surface area contributed by atoms with Crippen molar-refractivity contribution in [2.24, 2.45) is 7.05 Å². The predicted molar refractivity (Wildman–Crippen MR) is 75.8 cm³/mol. The third-order valence-corrected chi connectivity index (χ3v) is 4.00. The molecule has 3 aromatic rings. The van der Waals surface area contributed by atoms with Gasteiger partial charge < -0.3 is 0 Å². The molecule has 1 aliphatic carbocycles. The third kappa shape index (κ3) is 1.17. The Bertz CT molecular complexity index is 905. The highest BCUT2D eigenvalue weighted by molar-refractivity contribution is 6.11. The van der Waals surface area contributed by atoms with Gasteiger partial charge in [0.05, 0.1) is 0 Å². The molecule has 2 aromatic carbocycles.